The molecule has 0 saturated carbocycles. The second-order valence-electron chi connectivity index (χ2n) is 8.00. The molecule has 0 spiro atoms. The fraction of sp³-hybridized carbons (Fsp3) is 0.367. The minimum atomic E-state index is 0.170. The van der Waals surface area contributed by atoms with Gasteiger partial charge in [0.1, 0.15) is 0 Å². The molecule has 2 aromatic carbocycles. The van der Waals surface area contributed by atoms with Crippen LogP contribution in [-0.2, 0) is 4.79 Å². The second kappa shape index (κ2) is 16.8. The zero-order chi connectivity index (χ0) is 22.7. The predicted molar refractivity (Wildman–Crippen MR) is 139 cm³/mol. The number of para-hydroxylation sites is 2. The van der Waals surface area contributed by atoms with Crippen molar-refractivity contribution >= 4 is 17.3 Å². The molecule has 0 atom stereocenters. The number of benzene rings is 2. The number of rotatable bonds is 15. The minimum Gasteiger partial charge on any atom is -0.281 e. The van der Waals surface area contributed by atoms with E-state index in [0.717, 1.165) is 49.9 Å². The summed E-state index contributed by atoms with van der Waals surface area (Å²) in [7, 11) is 0. The molecule has 0 saturated heterocycles. The van der Waals surface area contributed by atoms with Gasteiger partial charge in [0, 0.05) is 17.8 Å². The molecule has 0 aromatic heterocycles. The van der Waals surface area contributed by atoms with E-state index in [2.05, 4.69) is 43.4 Å². The van der Waals surface area contributed by atoms with Crippen LogP contribution in [0.2, 0.25) is 0 Å². The van der Waals surface area contributed by atoms with E-state index in [1.807, 2.05) is 65.6 Å². The maximum atomic E-state index is 13.0. The van der Waals surface area contributed by atoms with Gasteiger partial charge in [-0.15, -0.1) is 0 Å². The molecule has 0 fully saturated rings. The summed E-state index contributed by atoms with van der Waals surface area (Å²) in [6.45, 7) is 2.16. The van der Waals surface area contributed by atoms with Crippen molar-refractivity contribution in [2.24, 2.45) is 0 Å². The maximum absolute atomic E-state index is 13.0. The van der Waals surface area contributed by atoms with Gasteiger partial charge in [-0.1, -0.05) is 99.0 Å². The van der Waals surface area contributed by atoms with Gasteiger partial charge in [-0.3, -0.25) is 9.69 Å². The highest BCUT2D eigenvalue weighted by atomic mass is 16.2. The Morgan fingerprint density at radius 2 is 1.16 bits per heavy atom. The van der Waals surface area contributed by atoms with Crippen LogP contribution in [0.1, 0.15) is 71.1 Å². The third-order valence-corrected chi connectivity index (χ3v) is 5.32. The SMILES string of the molecule is CC/C=C\C/C=C\C/C=C\CCCCCCCC(=O)N(c1ccccc1)c1ccccc1. The van der Waals surface area contributed by atoms with Crippen LogP contribution in [0, 0.1) is 0 Å². The van der Waals surface area contributed by atoms with Crippen LogP contribution in [0.25, 0.3) is 0 Å². The lowest BCUT2D eigenvalue weighted by molar-refractivity contribution is -0.118. The Labute approximate surface area is 195 Å². The van der Waals surface area contributed by atoms with Gasteiger partial charge in [0.25, 0.3) is 0 Å². The van der Waals surface area contributed by atoms with Crippen LogP contribution in [0.15, 0.2) is 97.1 Å². The molecule has 2 nitrogen and oxygen atoms in total. The van der Waals surface area contributed by atoms with E-state index in [0.29, 0.717) is 6.42 Å². The summed E-state index contributed by atoms with van der Waals surface area (Å²) in [6, 6.07) is 19.9. The van der Waals surface area contributed by atoms with Gasteiger partial charge in [-0.05, 0) is 62.8 Å². The van der Waals surface area contributed by atoms with Gasteiger partial charge in [0.05, 0.1) is 0 Å². The standard InChI is InChI=1S/C30H39NO/c1-2-3-4-5-6-7-8-9-10-11-12-13-14-15-22-27-30(32)31(28-23-18-16-19-24-28)29-25-20-17-21-26-29/h3-4,6-7,9-10,16-21,23-26H,2,5,8,11-15,22,27H2,1H3/b4-3-,7-6-,10-9-. The highest BCUT2D eigenvalue weighted by Gasteiger charge is 2.16. The molecule has 2 rings (SSSR count). The first-order chi connectivity index (χ1) is 15.8. The molecule has 0 N–H and O–H groups in total. The van der Waals surface area contributed by atoms with E-state index < -0.39 is 0 Å². The summed E-state index contributed by atoms with van der Waals surface area (Å²) in [5.41, 5.74) is 1.87. The first-order valence-corrected chi connectivity index (χ1v) is 12.2. The molecular weight excluding hydrogens is 390 g/mol. The van der Waals surface area contributed by atoms with Gasteiger partial charge in [-0.25, -0.2) is 0 Å². The first kappa shape index (κ1) is 25.4. The average Bonchev–Trinajstić information content (AvgIpc) is 2.83. The monoisotopic (exact) mass is 429 g/mol. The van der Waals surface area contributed by atoms with Crippen molar-refractivity contribution in [2.75, 3.05) is 4.90 Å². The number of hydrogen-bond donors (Lipinski definition) is 0. The molecule has 0 aliphatic heterocycles. The lowest BCUT2D eigenvalue weighted by Gasteiger charge is -2.23. The molecule has 0 aliphatic carbocycles. The van der Waals surface area contributed by atoms with Crippen molar-refractivity contribution in [3.63, 3.8) is 0 Å². The molecule has 2 aromatic rings. The molecule has 0 heterocycles. The maximum Gasteiger partial charge on any atom is 0.231 e. The summed E-state index contributed by atoms with van der Waals surface area (Å²) < 4.78 is 0. The molecule has 0 radical (unpaired) electrons. The molecule has 1 amide bonds. The number of unbranched alkanes of at least 4 members (excludes halogenated alkanes) is 5. The Kier molecular flexibility index (Phi) is 13.3. The molecular formula is C30H39NO. The van der Waals surface area contributed by atoms with E-state index in [4.69, 9.17) is 0 Å². The van der Waals surface area contributed by atoms with E-state index in [9.17, 15) is 4.79 Å². The zero-order valence-electron chi connectivity index (χ0n) is 19.7. The van der Waals surface area contributed by atoms with Crippen molar-refractivity contribution < 1.29 is 4.79 Å². The third-order valence-electron chi connectivity index (χ3n) is 5.32. The number of carbonyl (C=O) groups excluding carboxylic acids is 1. The summed E-state index contributed by atoms with van der Waals surface area (Å²) in [5.74, 6) is 0.170. The number of carbonyl (C=O) groups is 1. The number of amides is 1. The summed E-state index contributed by atoms with van der Waals surface area (Å²) in [4.78, 5) is 14.8. The van der Waals surface area contributed by atoms with E-state index in [1.54, 1.807) is 0 Å². The Hall–Kier alpha value is -2.87. The van der Waals surface area contributed by atoms with E-state index in [1.165, 1.54) is 19.3 Å². The van der Waals surface area contributed by atoms with Crippen molar-refractivity contribution in [1.82, 2.24) is 0 Å². The Morgan fingerprint density at radius 1 is 0.656 bits per heavy atom. The summed E-state index contributed by atoms with van der Waals surface area (Å²) >= 11 is 0. The van der Waals surface area contributed by atoms with Crippen LogP contribution in [0.3, 0.4) is 0 Å². The van der Waals surface area contributed by atoms with Crippen LogP contribution in [0.4, 0.5) is 11.4 Å². The van der Waals surface area contributed by atoms with Gasteiger partial charge in [0.15, 0.2) is 0 Å². The van der Waals surface area contributed by atoms with Crippen LogP contribution >= 0.6 is 0 Å². The van der Waals surface area contributed by atoms with Crippen molar-refractivity contribution in [3.05, 3.63) is 97.1 Å². The fourth-order valence-electron chi connectivity index (χ4n) is 3.60. The summed E-state index contributed by atoms with van der Waals surface area (Å²) in [6.07, 6.45) is 24.1. The molecule has 32 heavy (non-hydrogen) atoms. The zero-order valence-corrected chi connectivity index (χ0v) is 19.7. The third kappa shape index (κ3) is 10.4. The molecule has 0 bridgehead atoms. The van der Waals surface area contributed by atoms with Crippen LogP contribution < -0.4 is 4.90 Å². The smallest absolute Gasteiger partial charge is 0.231 e. The molecule has 0 aliphatic rings. The average molecular weight is 430 g/mol. The van der Waals surface area contributed by atoms with Crippen LogP contribution in [0.5, 0.6) is 0 Å². The highest BCUT2D eigenvalue weighted by molar-refractivity contribution is 6.00. The van der Waals surface area contributed by atoms with Gasteiger partial charge in [0.2, 0.25) is 5.91 Å². The first-order valence-electron chi connectivity index (χ1n) is 12.2. The van der Waals surface area contributed by atoms with Crippen molar-refractivity contribution in [1.29, 1.82) is 0 Å². The number of anilines is 2. The number of allylic oxidation sites excluding steroid dienone is 6. The van der Waals surface area contributed by atoms with Crippen LogP contribution in [-0.4, -0.2) is 5.91 Å². The quantitative estimate of drug-likeness (QED) is 0.204. The minimum absolute atomic E-state index is 0.170. The predicted octanol–water partition coefficient (Wildman–Crippen LogP) is 8.94. The van der Waals surface area contributed by atoms with Gasteiger partial charge < -0.3 is 0 Å². The Morgan fingerprint density at radius 3 is 1.75 bits per heavy atom. The van der Waals surface area contributed by atoms with Gasteiger partial charge in [-0.2, -0.15) is 0 Å². The lowest BCUT2D eigenvalue weighted by atomic mass is 10.1. The molecule has 170 valence electrons. The van der Waals surface area contributed by atoms with Crippen molar-refractivity contribution in [3.8, 4) is 0 Å². The Balaban J connectivity index is 1.61. The van der Waals surface area contributed by atoms with E-state index in [-0.39, 0.29) is 5.91 Å². The lowest BCUT2D eigenvalue weighted by Crippen LogP contribution is -2.25. The molecule has 0 unspecified atom stereocenters. The fourth-order valence-corrected chi connectivity index (χ4v) is 3.60. The van der Waals surface area contributed by atoms with Gasteiger partial charge >= 0.3 is 0 Å². The largest absolute Gasteiger partial charge is 0.281 e. The molecule has 2 heteroatoms. The summed E-state index contributed by atoms with van der Waals surface area (Å²) in [5, 5.41) is 0. The normalized spacial score (nSPS) is 11.7. The number of nitrogens with zero attached hydrogens (tertiary/aromatic N) is 1. The second-order valence-corrected chi connectivity index (χ2v) is 8.00. The topological polar surface area (TPSA) is 20.3 Å². The number of hydrogen-bond acceptors (Lipinski definition) is 1. The highest BCUT2D eigenvalue weighted by Crippen LogP contribution is 2.26. The van der Waals surface area contributed by atoms with Crippen molar-refractivity contribution in [2.45, 2.75) is 71.1 Å². The van der Waals surface area contributed by atoms with E-state index >= 15 is 0 Å². The Bertz CT molecular complexity index is 781.